The predicted molar refractivity (Wildman–Crippen MR) is 56.9 cm³/mol. The highest BCUT2D eigenvalue weighted by atomic mass is 16.5. The van der Waals surface area contributed by atoms with E-state index in [1.54, 1.807) is 25.2 Å². The van der Waals surface area contributed by atoms with Gasteiger partial charge in [0.05, 0.1) is 13.2 Å². The van der Waals surface area contributed by atoms with Crippen molar-refractivity contribution in [3.05, 3.63) is 12.0 Å². The van der Waals surface area contributed by atoms with E-state index in [2.05, 4.69) is 4.99 Å². The van der Waals surface area contributed by atoms with Crippen molar-refractivity contribution in [2.24, 2.45) is 10.7 Å². The first-order chi connectivity index (χ1) is 6.51. The van der Waals surface area contributed by atoms with Crippen LogP contribution in [0.3, 0.4) is 0 Å². The van der Waals surface area contributed by atoms with Crippen LogP contribution in [0, 0.1) is 0 Å². The van der Waals surface area contributed by atoms with E-state index in [-0.39, 0.29) is 6.10 Å². The van der Waals surface area contributed by atoms with Gasteiger partial charge in [0.25, 0.3) is 0 Å². The predicted octanol–water partition coefficient (Wildman–Crippen LogP) is 0.385. The molecule has 0 spiro atoms. The quantitative estimate of drug-likeness (QED) is 0.406. The molecule has 0 aromatic carbocycles. The van der Waals surface area contributed by atoms with Gasteiger partial charge in [-0.1, -0.05) is 0 Å². The van der Waals surface area contributed by atoms with Crippen molar-refractivity contribution >= 4 is 5.96 Å². The van der Waals surface area contributed by atoms with Gasteiger partial charge in [-0.05, 0) is 6.92 Å². The molecule has 0 radical (unpaired) electrons. The van der Waals surface area contributed by atoms with Crippen LogP contribution in [0.4, 0.5) is 0 Å². The number of rotatable bonds is 4. The van der Waals surface area contributed by atoms with Crippen molar-refractivity contribution < 1.29 is 9.47 Å². The Kier molecular flexibility index (Phi) is 5.71. The van der Waals surface area contributed by atoms with Crippen molar-refractivity contribution in [1.82, 2.24) is 4.90 Å². The van der Waals surface area contributed by atoms with Gasteiger partial charge in [-0.25, -0.2) is 0 Å². The van der Waals surface area contributed by atoms with Crippen LogP contribution in [-0.4, -0.2) is 45.3 Å². The monoisotopic (exact) mass is 201 g/mol. The topological polar surface area (TPSA) is 60.1 Å². The van der Waals surface area contributed by atoms with Crippen LogP contribution in [0.1, 0.15) is 6.92 Å². The summed E-state index contributed by atoms with van der Waals surface area (Å²) in [4.78, 5) is 5.76. The van der Waals surface area contributed by atoms with E-state index in [1.165, 1.54) is 0 Å². The molecule has 2 N–H and O–H groups in total. The molecule has 0 aromatic rings. The number of guanidine groups is 1. The van der Waals surface area contributed by atoms with Gasteiger partial charge < -0.3 is 20.1 Å². The molecule has 82 valence electrons. The summed E-state index contributed by atoms with van der Waals surface area (Å²) in [5.74, 6) is 0.840. The lowest BCUT2D eigenvalue weighted by molar-refractivity contribution is 0.150. The van der Waals surface area contributed by atoms with Gasteiger partial charge in [-0.15, -0.1) is 0 Å². The van der Waals surface area contributed by atoms with Crippen LogP contribution < -0.4 is 5.73 Å². The lowest BCUT2D eigenvalue weighted by Gasteiger charge is -2.12. The van der Waals surface area contributed by atoms with Gasteiger partial charge in [0.2, 0.25) is 5.88 Å². The third kappa shape index (κ3) is 4.71. The molecule has 1 unspecified atom stereocenters. The highest BCUT2D eigenvalue weighted by Crippen LogP contribution is 2.02. The second-order valence-electron chi connectivity index (χ2n) is 3.01. The van der Waals surface area contributed by atoms with Crippen molar-refractivity contribution in [2.45, 2.75) is 13.0 Å². The lowest BCUT2D eigenvalue weighted by atomic mass is 10.4. The molecule has 0 bridgehead atoms. The fraction of sp³-hybridized carbons (Fsp3) is 0.667. The maximum atomic E-state index is 5.62. The Bertz CT molecular complexity index is 224. The van der Waals surface area contributed by atoms with Gasteiger partial charge in [-0.3, -0.25) is 0 Å². The summed E-state index contributed by atoms with van der Waals surface area (Å²) in [7, 11) is 6.78. The first kappa shape index (κ1) is 12.8. The van der Waals surface area contributed by atoms with E-state index in [1.807, 2.05) is 21.0 Å². The molecule has 0 fully saturated rings. The molecule has 5 nitrogen and oxygen atoms in total. The summed E-state index contributed by atoms with van der Waals surface area (Å²) in [6.07, 6.45) is 1.69. The standard InChI is InChI=1S/C9H19N3O2/c1-7(13-4)6-8(14-5)11-9(10)12(2)3/h6-7H,1-5H3,(H2,10,11)/b8-6+. The number of aliphatic imine (C=N–C) groups is 1. The average Bonchev–Trinajstić information content (AvgIpc) is 2.16. The molecule has 0 amide bonds. The maximum absolute atomic E-state index is 5.62. The second-order valence-corrected chi connectivity index (χ2v) is 3.01. The Morgan fingerprint density at radius 2 is 2.00 bits per heavy atom. The second kappa shape index (κ2) is 6.26. The molecule has 0 saturated carbocycles. The minimum Gasteiger partial charge on any atom is -0.481 e. The van der Waals surface area contributed by atoms with Gasteiger partial charge in [0.1, 0.15) is 0 Å². The molecular formula is C9H19N3O2. The number of methoxy groups -OCH3 is 2. The Hall–Kier alpha value is -1.23. The molecule has 1 atom stereocenters. The van der Waals surface area contributed by atoms with Gasteiger partial charge >= 0.3 is 0 Å². The van der Waals surface area contributed by atoms with Crippen LogP contribution in [0.5, 0.6) is 0 Å². The Labute approximate surface area is 85.2 Å². The number of nitrogens with zero attached hydrogens (tertiary/aromatic N) is 2. The summed E-state index contributed by atoms with van der Waals surface area (Å²) in [5.41, 5.74) is 5.62. The minimum atomic E-state index is -0.0522. The fourth-order valence-corrected chi connectivity index (χ4v) is 0.633. The number of hydrogen-bond donors (Lipinski definition) is 1. The molecular weight excluding hydrogens is 182 g/mol. The zero-order valence-corrected chi connectivity index (χ0v) is 9.44. The minimum absolute atomic E-state index is 0.0522. The maximum Gasteiger partial charge on any atom is 0.214 e. The van der Waals surface area contributed by atoms with Gasteiger partial charge in [0.15, 0.2) is 5.96 Å². The van der Waals surface area contributed by atoms with E-state index in [0.717, 1.165) is 0 Å². The first-order valence-electron chi connectivity index (χ1n) is 4.31. The van der Waals surface area contributed by atoms with Crippen molar-refractivity contribution in [3.8, 4) is 0 Å². The largest absolute Gasteiger partial charge is 0.481 e. The third-order valence-electron chi connectivity index (χ3n) is 1.64. The van der Waals surface area contributed by atoms with E-state index >= 15 is 0 Å². The summed E-state index contributed by atoms with van der Waals surface area (Å²) >= 11 is 0. The molecule has 0 aliphatic carbocycles. The van der Waals surface area contributed by atoms with Crippen molar-refractivity contribution in [3.63, 3.8) is 0 Å². The summed E-state index contributed by atoms with van der Waals surface area (Å²) < 4.78 is 10.1. The summed E-state index contributed by atoms with van der Waals surface area (Å²) in [6, 6.07) is 0. The molecule has 0 aliphatic rings. The third-order valence-corrected chi connectivity index (χ3v) is 1.64. The Morgan fingerprint density at radius 3 is 2.36 bits per heavy atom. The summed E-state index contributed by atoms with van der Waals surface area (Å²) in [5, 5.41) is 0. The molecule has 5 heteroatoms. The van der Waals surface area contributed by atoms with Crippen LogP contribution in [0.15, 0.2) is 17.0 Å². The zero-order chi connectivity index (χ0) is 11.1. The van der Waals surface area contributed by atoms with Crippen molar-refractivity contribution in [1.29, 1.82) is 0 Å². The Morgan fingerprint density at radius 1 is 1.43 bits per heavy atom. The van der Waals surface area contributed by atoms with E-state index in [4.69, 9.17) is 15.2 Å². The van der Waals surface area contributed by atoms with Crippen LogP contribution in [0.2, 0.25) is 0 Å². The highest BCUT2D eigenvalue weighted by Gasteiger charge is 2.01. The smallest absolute Gasteiger partial charge is 0.214 e. The number of ether oxygens (including phenoxy) is 2. The number of nitrogens with two attached hydrogens (primary N) is 1. The van der Waals surface area contributed by atoms with E-state index in [0.29, 0.717) is 11.8 Å². The average molecular weight is 201 g/mol. The van der Waals surface area contributed by atoms with E-state index < -0.39 is 0 Å². The van der Waals surface area contributed by atoms with Crippen LogP contribution >= 0.6 is 0 Å². The van der Waals surface area contributed by atoms with Gasteiger partial charge in [-0.2, -0.15) is 4.99 Å². The molecule has 0 aromatic heterocycles. The molecule has 0 rings (SSSR count). The molecule has 0 heterocycles. The Balaban J connectivity index is 4.57. The molecule has 0 saturated heterocycles. The lowest BCUT2D eigenvalue weighted by Crippen LogP contribution is -2.30. The zero-order valence-electron chi connectivity index (χ0n) is 9.44. The van der Waals surface area contributed by atoms with Crippen LogP contribution in [-0.2, 0) is 9.47 Å². The van der Waals surface area contributed by atoms with Gasteiger partial charge in [0, 0.05) is 27.3 Å². The van der Waals surface area contributed by atoms with Crippen molar-refractivity contribution in [2.75, 3.05) is 28.3 Å². The summed E-state index contributed by atoms with van der Waals surface area (Å²) in [6.45, 7) is 1.89. The number of hydrogen-bond acceptors (Lipinski definition) is 3. The van der Waals surface area contributed by atoms with Crippen LogP contribution in [0.25, 0.3) is 0 Å². The van der Waals surface area contributed by atoms with E-state index in [9.17, 15) is 0 Å². The highest BCUT2D eigenvalue weighted by molar-refractivity contribution is 5.78. The molecule has 0 aliphatic heterocycles. The fourth-order valence-electron chi connectivity index (χ4n) is 0.633. The normalized spacial score (nSPS) is 15.2. The molecule has 14 heavy (non-hydrogen) atoms. The first-order valence-corrected chi connectivity index (χ1v) is 4.31. The SMILES string of the molecule is CO/C(=C/C(C)OC)N=C(N)N(C)C.